The Morgan fingerprint density at radius 1 is 1.36 bits per heavy atom. The van der Waals surface area contributed by atoms with Crippen molar-refractivity contribution in [2.75, 3.05) is 0 Å². The van der Waals surface area contributed by atoms with Crippen LogP contribution < -0.4 is 0 Å². The summed E-state index contributed by atoms with van der Waals surface area (Å²) < 4.78 is 12.5. The molecule has 1 aromatic rings. The number of hydrogen-bond donors (Lipinski definition) is 0. The van der Waals surface area contributed by atoms with Crippen LogP contribution in [0, 0.1) is 17.1 Å². The summed E-state index contributed by atoms with van der Waals surface area (Å²) in [6, 6.07) is 7.42. The predicted octanol–water partition coefficient (Wildman–Crippen LogP) is 2.70. The number of nitriles is 1. The van der Waals surface area contributed by atoms with Crippen LogP contribution in [0.5, 0.6) is 0 Å². The molecule has 3 heteroatoms. The molecular weight excluding hydrogens is 181 g/mol. The van der Waals surface area contributed by atoms with Crippen LogP contribution in [-0.2, 0) is 0 Å². The Kier molecular flexibility index (Phi) is 3.81. The van der Waals surface area contributed by atoms with Crippen molar-refractivity contribution in [2.24, 2.45) is 0 Å². The van der Waals surface area contributed by atoms with E-state index in [9.17, 15) is 9.18 Å². The maximum absolute atomic E-state index is 12.5. The van der Waals surface area contributed by atoms with E-state index in [-0.39, 0.29) is 11.6 Å². The lowest BCUT2D eigenvalue weighted by Crippen LogP contribution is -1.98. The Labute approximate surface area is 82.0 Å². The smallest absolute Gasteiger partial charge is 0.162 e. The van der Waals surface area contributed by atoms with Gasteiger partial charge in [-0.3, -0.25) is 4.79 Å². The molecule has 0 spiro atoms. The van der Waals surface area contributed by atoms with Crippen LogP contribution in [0.15, 0.2) is 24.3 Å². The number of Topliss-reactive ketones (excluding diaryl/α,β-unsaturated/α-hetero) is 1. The second-order valence-electron chi connectivity index (χ2n) is 2.94. The van der Waals surface area contributed by atoms with Gasteiger partial charge in [-0.2, -0.15) is 5.26 Å². The van der Waals surface area contributed by atoms with E-state index in [4.69, 9.17) is 5.26 Å². The molecule has 0 N–H and O–H groups in total. The molecule has 0 aliphatic heterocycles. The molecule has 0 radical (unpaired) electrons. The molecule has 0 aliphatic carbocycles. The number of ketones is 1. The maximum Gasteiger partial charge on any atom is 0.162 e. The Morgan fingerprint density at radius 3 is 2.57 bits per heavy atom. The van der Waals surface area contributed by atoms with Gasteiger partial charge in [0.2, 0.25) is 0 Å². The van der Waals surface area contributed by atoms with Gasteiger partial charge in [-0.15, -0.1) is 0 Å². The third kappa shape index (κ3) is 2.98. The van der Waals surface area contributed by atoms with Crippen LogP contribution in [0.4, 0.5) is 4.39 Å². The zero-order valence-corrected chi connectivity index (χ0v) is 7.66. The Hall–Kier alpha value is -1.69. The summed E-state index contributed by atoms with van der Waals surface area (Å²) in [6.45, 7) is 0. The molecule has 14 heavy (non-hydrogen) atoms. The van der Waals surface area contributed by atoms with Crippen molar-refractivity contribution in [1.29, 1.82) is 5.26 Å². The van der Waals surface area contributed by atoms with Gasteiger partial charge in [0.05, 0.1) is 6.07 Å². The molecule has 1 aromatic carbocycles. The number of carbonyl (C=O) groups is 1. The first-order valence-electron chi connectivity index (χ1n) is 4.40. The highest BCUT2D eigenvalue weighted by molar-refractivity contribution is 5.95. The average Bonchev–Trinajstić information content (AvgIpc) is 2.19. The van der Waals surface area contributed by atoms with Crippen molar-refractivity contribution >= 4 is 5.78 Å². The predicted molar refractivity (Wildman–Crippen MR) is 50.2 cm³/mol. The molecule has 2 nitrogen and oxygen atoms in total. The molecule has 0 amide bonds. The minimum atomic E-state index is -0.349. The summed E-state index contributed by atoms with van der Waals surface area (Å²) in [5.74, 6) is -0.390. The second-order valence-corrected chi connectivity index (χ2v) is 2.94. The average molecular weight is 191 g/mol. The second kappa shape index (κ2) is 5.13. The Bertz CT molecular complexity index is 351. The maximum atomic E-state index is 12.5. The summed E-state index contributed by atoms with van der Waals surface area (Å²) in [5, 5.41) is 8.28. The topological polar surface area (TPSA) is 40.9 Å². The van der Waals surface area contributed by atoms with Crippen molar-refractivity contribution in [3.63, 3.8) is 0 Å². The lowest BCUT2D eigenvalue weighted by molar-refractivity contribution is 0.0980. The fraction of sp³-hybridized carbons (Fsp3) is 0.273. The van der Waals surface area contributed by atoms with Crippen molar-refractivity contribution < 1.29 is 9.18 Å². The largest absolute Gasteiger partial charge is 0.294 e. The summed E-state index contributed by atoms with van der Waals surface area (Å²) in [5.41, 5.74) is 0.504. The zero-order valence-electron chi connectivity index (χ0n) is 7.66. The van der Waals surface area contributed by atoms with E-state index < -0.39 is 0 Å². The first-order valence-corrected chi connectivity index (χ1v) is 4.40. The summed E-state index contributed by atoms with van der Waals surface area (Å²) >= 11 is 0. The number of halogens is 1. The first kappa shape index (κ1) is 10.4. The van der Waals surface area contributed by atoms with Crippen LogP contribution in [0.25, 0.3) is 0 Å². The highest BCUT2D eigenvalue weighted by Gasteiger charge is 2.04. The van der Waals surface area contributed by atoms with E-state index in [0.717, 1.165) is 0 Å². The normalized spacial score (nSPS) is 9.43. The van der Waals surface area contributed by atoms with Gasteiger partial charge < -0.3 is 0 Å². The van der Waals surface area contributed by atoms with Crippen LogP contribution >= 0.6 is 0 Å². The lowest BCUT2D eigenvalue weighted by Gasteiger charge is -1.98. The summed E-state index contributed by atoms with van der Waals surface area (Å²) in [4.78, 5) is 11.4. The third-order valence-electron chi connectivity index (χ3n) is 1.86. The standard InChI is InChI=1S/C11H10FNO/c12-10-6-4-9(5-7-10)11(14)3-1-2-8-13/h4-7H,1-3H2. The fourth-order valence-electron chi connectivity index (χ4n) is 1.11. The van der Waals surface area contributed by atoms with E-state index in [0.29, 0.717) is 24.8 Å². The zero-order chi connectivity index (χ0) is 10.4. The van der Waals surface area contributed by atoms with Gasteiger partial charge in [0.1, 0.15) is 5.82 Å². The van der Waals surface area contributed by atoms with E-state index in [2.05, 4.69) is 0 Å². The molecule has 0 atom stereocenters. The number of nitrogens with zero attached hydrogens (tertiary/aromatic N) is 1. The number of unbranched alkanes of at least 4 members (excludes halogenated alkanes) is 1. The number of benzene rings is 1. The molecule has 0 fully saturated rings. The highest BCUT2D eigenvalue weighted by Crippen LogP contribution is 2.07. The number of hydrogen-bond acceptors (Lipinski definition) is 2. The Balaban J connectivity index is 2.53. The van der Waals surface area contributed by atoms with Crippen molar-refractivity contribution in [3.8, 4) is 6.07 Å². The quantitative estimate of drug-likeness (QED) is 0.542. The number of carbonyl (C=O) groups excluding carboxylic acids is 1. The van der Waals surface area contributed by atoms with Crippen LogP contribution in [0.1, 0.15) is 29.6 Å². The van der Waals surface area contributed by atoms with Gasteiger partial charge in [0.25, 0.3) is 0 Å². The molecule has 0 saturated carbocycles. The van der Waals surface area contributed by atoms with Gasteiger partial charge in [-0.25, -0.2) is 4.39 Å². The molecule has 0 saturated heterocycles. The molecule has 0 bridgehead atoms. The van der Waals surface area contributed by atoms with Gasteiger partial charge >= 0.3 is 0 Å². The third-order valence-corrected chi connectivity index (χ3v) is 1.86. The Morgan fingerprint density at radius 2 is 2.00 bits per heavy atom. The van der Waals surface area contributed by atoms with Crippen molar-refractivity contribution in [1.82, 2.24) is 0 Å². The van der Waals surface area contributed by atoms with Crippen LogP contribution in [0.3, 0.4) is 0 Å². The minimum Gasteiger partial charge on any atom is -0.294 e. The molecule has 0 aliphatic rings. The summed E-state index contributed by atoms with van der Waals surface area (Å²) in [6.07, 6.45) is 1.29. The fourth-order valence-corrected chi connectivity index (χ4v) is 1.11. The molecule has 0 aromatic heterocycles. The molecule has 0 heterocycles. The van der Waals surface area contributed by atoms with E-state index in [1.54, 1.807) is 0 Å². The molecule has 1 rings (SSSR count). The minimum absolute atomic E-state index is 0.0414. The van der Waals surface area contributed by atoms with Gasteiger partial charge in [0.15, 0.2) is 5.78 Å². The number of rotatable bonds is 4. The van der Waals surface area contributed by atoms with Crippen LogP contribution in [-0.4, -0.2) is 5.78 Å². The van der Waals surface area contributed by atoms with Gasteiger partial charge in [-0.05, 0) is 30.7 Å². The molecule has 72 valence electrons. The van der Waals surface area contributed by atoms with E-state index in [1.807, 2.05) is 6.07 Å². The molecular formula is C11H10FNO. The van der Waals surface area contributed by atoms with Crippen LogP contribution in [0.2, 0.25) is 0 Å². The first-order chi connectivity index (χ1) is 6.74. The summed E-state index contributed by atoms with van der Waals surface area (Å²) in [7, 11) is 0. The van der Waals surface area contributed by atoms with Crippen molar-refractivity contribution in [2.45, 2.75) is 19.3 Å². The lowest BCUT2D eigenvalue weighted by atomic mass is 10.1. The highest BCUT2D eigenvalue weighted by atomic mass is 19.1. The van der Waals surface area contributed by atoms with E-state index in [1.165, 1.54) is 24.3 Å². The molecule has 0 unspecified atom stereocenters. The van der Waals surface area contributed by atoms with E-state index >= 15 is 0 Å². The van der Waals surface area contributed by atoms with Gasteiger partial charge in [-0.1, -0.05) is 0 Å². The van der Waals surface area contributed by atoms with Crippen molar-refractivity contribution in [3.05, 3.63) is 35.6 Å². The SMILES string of the molecule is N#CCCCC(=O)c1ccc(F)cc1. The van der Waals surface area contributed by atoms with Gasteiger partial charge in [0, 0.05) is 18.4 Å². The monoisotopic (exact) mass is 191 g/mol.